The maximum atomic E-state index is 12.3. The van der Waals surface area contributed by atoms with Crippen molar-refractivity contribution in [1.82, 2.24) is 9.80 Å². The molecule has 0 bridgehead atoms. The highest BCUT2D eigenvalue weighted by Crippen LogP contribution is 2.21. The molecule has 0 aromatic rings. The van der Waals surface area contributed by atoms with E-state index >= 15 is 0 Å². The number of thioether (sulfide) groups is 1. The Bertz CT molecular complexity index is 339. The van der Waals surface area contributed by atoms with Crippen LogP contribution in [0.1, 0.15) is 6.42 Å². The van der Waals surface area contributed by atoms with Crippen LogP contribution in [0.4, 0.5) is 4.79 Å². The largest absolute Gasteiger partial charge is 0.480 e. The molecule has 2 unspecified atom stereocenters. The second kappa shape index (κ2) is 5.79. The van der Waals surface area contributed by atoms with Crippen molar-refractivity contribution in [3.05, 3.63) is 0 Å². The molecule has 0 aliphatic carbocycles. The summed E-state index contributed by atoms with van der Waals surface area (Å²) < 4.78 is 5.22. The first-order valence-corrected chi connectivity index (χ1v) is 7.18. The fourth-order valence-electron chi connectivity index (χ4n) is 2.31. The first kappa shape index (κ1) is 13.5. The molecule has 1 N–H and O–H groups in total. The van der Waals surface area contributed by atoms with E-state index in [-0.39, 0.29) is 12.1 Å². The molecule has 2 saturated heterocycles. The van der Waals surface area contributed by atoms with Crippen molar-refractivity contribution in [2.24, 2.45) is 0 Å². The normalized spacial score (nSPS) is 28.5. The molecule has 7 heteroatoms. The number of ether oxygens (including phenoxy) is 1. The van der Waals surface area contributed by atoms with Gasteiger partial charge in [-0.25, -0.2) is 9.59 Å². The Morgan fingerprint density at radius 3 is 2.78 bits per heavy atom. The molecule has 2 heterocycles. The Morgan fingerprint density at radius 1 is 1.39 bits per heavy atom. The summed E-state index contributed by atoms with van der Waals surface area (Å²) >= 11 is 1.58. The van der Waals surface area contributed by atoms with Crippen molar-refractivity contribution in [3.8, 4) is 0 Å². The van der Waals surface area contributed by atoms with Crippen LogP contribution >= 0.6 is 11.8 Å². The molecular weight excluding hydrogens is 256 g/mol. The van der Waals surface area contributed by atoms with Crippen molar-refractivity contribution >= 4 is 23.8 Å². The van der Waals surface area contributed by atoms with Crippen LogP contribution in [0.15, 0.2) is 0 Å². The topological polar surface area (TPSA) is 70.1 Å². The molecule has 2 atom stereocenters. The molecule has 18 heavy (non-hydrogen) atoms. The van der Waals surface area contributed by atoms with Crippen molar-refractivity contribution in [2.75, 3.05) is 38.2 Å². The van der Waals surface area contributed by atoms with Gasteiger partial charge in [0.15, 0.2) is 0 Å². The molecule has 0 spiro atoms. The average Bonchev–Trinajstić information content (AvgIpc) is 2.86. The lowest BCUT2D eigenvalue weighted by Gasteiger charge is -2.35. The number of aliphatic carboxylic acids is 1. The summed E-state index contributed by atoms with van der Waals surface area (Å²) in [5.41, 5.74) is 0. The van der Waals surface area contributed by atoms with Crippen LogP contribution in [0.2, 0.25) is 0 Å². The molecule has 2 aliphatic rings. The van der Waals surface area contributed by atoms with E-state index in [1.54, 1.807) is 23.8 Å². The van der Waals surface area contributed by atoms with E-state index in [1.807, 2.05) is 0 Å². The zero-order valence-corrected chi connectivity index (χ0v) is 11.2. The van der Waals surface area contributed by atoms with Gasteiger partial charge in [-0.05, 0) is 6.42 Å². The molecule has 2 amide bonds. The number of carbonyl (C=O) groups is 2. The zero-order valence-electron chi connectivity index (χ0n) is 10.4. The minimum Gasteiger partial charge on any atom is -0.480 e. The van der Waals surface area contributed by atoms with E-state index < -0.39 is 12.0 Å². The van der Waals surface area contributed by atoms with Gasteiger partial charge in [0.25, 0.3) is 0 Å². The standard InChI is InChI=1S/C11H18N2O4S/c1-17-8-2-3-12(6-8)11(16)13-4-5-18-7-9(13)10(14)15/h8-9H,2-7H2,1H3,(H,14,15). The highest BCUT2D eigenvalue weighted by Gasteiger charge is 2.37. The second-order valence-electron chi connectivity index (χ2n) is 4.50. The number of carboxylic acid groups (broad SMARTS) is 1. The van der Waals surface area contributed by atoms with Crippen molar-refractivity contribution in [1.29, 1.82) is 0 Å². The summed E-state index contributed by atoms with van der Waals surface area (Å²) in [5.74, 6) is 0.359. The van der Waals surface area contributed by atoms with Crippen LogP contribution in [-0.2, 0) is 9.53 Å². The number of hydrogen-bond donors (Lipinski definition) is 1. The molecule has 0 saturated carbocycles. The third-order valence-electron chi connectivity index (χ3n) is 3.41. The summed E-state index contributed by atoms with van der Waals surface area (Å²) in [7, 11) is 1.64. The van der Waals surface area contributed by atoms with Gasteiger partial charge in [-0.1, -0.05) is 0 Å². The third-order valence-corrected chi connectivity index (χ3v) is 4.43. The van der Waals surface area contributed by atoms with Crippen LogP contribution in [0, 0.1) is 0 Å². The third kappa shape index (κ3) is 2.72. The minimum absolute atomic E-state index is 0.0800. The predicted molar refractivity (Wildman–Crippen MR) is 67.8 cm³/mol. The molecule has 2 fully saturated rings. The number of methoxy groups -OCH3 is 1. The maximum Gasteiger partial charge on any atom is 0.327 e. The molecule has 0 radical (unpaired) electrons. The summed E-state index contributed by atoms with van der Waals surface area (Å²) in [6.07, 6.45) is 0.902. The number of amides is 2. The quantitative estimate of drug-likeness (QED) is 0.786. The molecule has 0 aromatic carbocycles. The monoisotopic (exact) mass is 274 g/mol. The average molecular weight is 274 g/mol. The highest BCUT2D eigenvalue weighted by atomic mass is 32.2. The first-order valence-electron chi connectivity index (χ1n) is 6.02. The number of urea groups is 1. The fraction of sp³-hybridized carbons (Fsp3) is 0.818. The van der Waals surface area contributed by atoms with Gasteiger partial charge in [0, 0.05) is 38.2 Å². The Morgan fingerprint density at radius 2 is 2.17 bits per heavy atom. The predicted octanol–water partition coefficient (Wildman–Crippen LogP) is 0.329. The number of carboxylic acids is 1. The fourth-order valence-corrected chi connectivity index (χ4v) is 3.35. The van der Waals surface area contributed by atoms with Crippen LogP contribution in [-0.4, -0.2) is 77.3 Å². The number of hydrogen-bond acceptors (Lipinski definition) is 4. The summed E-state index contributed by atoms with van der Waals surface area (Å²) in [6.45, 7) is 1.72. The van der Waals surface area contributed by atoms with Crippen molar-refractivity contribution in [3.63, 3.8) is 0 Å². The van der Waals surface area contributed by atoms with Gasteiger partial charge in [0.05, 0.1) is 6.10 Å². The molecule has 0 aromatic heterocycles. The van der Waals surface area contributed by atoms with Crippen molar-refractivity contribution in [2.45, 2.75) is 18.6 Å². The Hall–Kier alpha value is -0.950. The summed E-state index contributed by atoms with van der Waals surface area (Å²) in [6, 6.07) is -0.861. The lowest BCUT2D eigenvalue weighted by atomic mass is 10.3. The van der Waals surface area contributed by atoms with Crippen LogP contribution in [0.25, 0.3) is 0 Å². The van der Waals surface area contributed by atoms with Gasteiger partial charge in [-0.3, -0.25) is 0 Å². The Kier molecular flexibility index (Phi) is 4.34. The van der Waals surface area contributed by atoms with Gasteiger partial charge in [0.1, 0.15) is 6.04 Å². The first-order chi connectivity index (χ1) is 8.63. The van der Waals surface area contributed by atoms with Crippen LogP contribution in [0.3, 0.4) is 0 Å². The van der Waals surface area contributed by atoms with Gasteiger partial charge >= 0.3 is 12.0 Å². The van der Waals surface area contributed by atoms with Crippen LogP contribution < -0.4 is 0 Å². The van der Waals surface area contributed by atoms with E-state index in [1.165, 1.54) is 4.90 Å². The summed E-state index contributed by atoms with van der Waals surface area (Å²) in [4.78, 5) is 26.6. The van der Waals surface area contributed by atoms with E-state index in [2.05, 4.69) is 0 Å². The van der Waals surface area contributed by atoms with E-state index in [4.69, 9.17) is 9.84 Å². The molecule has 2 aliphatic heterocycles. The minimum atomic E-state index is -0.918. The number of rotatable bonds is 2. The smallest absolute Gasteiger partial charge is 0.327 e. The van der Waals surface area contributed by atoms with Gasteiger partial charge in [-0.15, -0.1) is 0 Å². The lowest BCUT2D eigenvalue weighted by Crippen LogP contribution is -2.54. The Labute approximate surface area is 110 Å². The molecule has 6 nitrogen and oxygen atoms in total. The Balaban J connectivity index is 2.00. The summed E-state index contributed by atoms with van der Waals surface area (Å²) in [5, 5.41) is 9.15. The molecule has 2 rings (SSSR count). The van der Waals surface area contributed by atoms with Crippen LogP contribution in [0.5, 0.6) is 0 Å². The van der Waals surface area contributed by atoms with E-state index in [0.29, 0.717) is 25.4 Å². The molecule has 102 valence electrons. The SMILES string of the molecule is COC1CCN(C(=O)N2CCSCC2C(=O)O)C1. The van der Waals surface area contributed by atoms with Gasteiger partial charge in [-0.2, -0.15) is 11.8 Å². The van der Waals surface area contributed by atoms with Crippen molar-refractivity contribution < 1.29 is 19.4 Å². The van der Waals surface area contributed by atoms with E-state index in [9.17, 15) is 9.59 Å². The zero-order chi connectivity index (χ0) is 13.1. The number of likely N-dealkylation sites (tertiary alicyclic amines) is 1. The maximum absolute atomic E-state index is 12.3. The molecular formula is C11H18N2O4S. The second-order valence-corrected chi connectivity index (χ2v) is 5.65. The number of carbonyl (C=O) groups excluding carboxylic acids is 1. The van der Waals surface area contributed by atoms with Gasteiger partial charge in [0.2, 0.25) is 0 Å². The highest BCUT2D eigenvalue weighted by molar-refractivity contribution is 7.99. The van der Waals surface area contributed by atoms with Gasteiger partial charge < -0.3 is 19.6 Å². The lowest BCUT2D eigenvalue weighted by molar-refractivity contribution is -0.141. The van der Waals surface area contributed by atoms with E-state index in [0.717, 1.165) is 12.2 Å². The number of nitrogens with zero attached hydrogens (tertiary/aromatic N) is 2.